The second kappa shape index (κ2) is 8.17. The molecule has 0 saturated carbocycles. The fraction of sp³-hybridized carbons (Fsp3) is 0.643. The number of urea groups is 1. The van der Waals surface area contributed by atoms with Gasteiger partial charge in [0.15, 0.2) is 0 Å². The van der Waals surface area contributed by atoms with E-state index in [1.165, 1.54) is 4.88 Å². The van der Waals surface area contributed by atoms with Crippen molar-refractivity contribution in [2.24, 2.45) is 5.92 Å². The van der Waals surface area contributed by atoms with Gasteiger partial charge in [-0.15, -0.1) is 11.3 Å². The zero-order valence-electron chi connectivity index (χ0n) is 12.0. The van der Waals surface area contributed by atoms with Crippen LogP contribution >= 0.6 is 11.3 Å². The predicted molar refractivity (Wildman–Crippen MR) is 79.4 cm³/mol. The number of hydrogen-bond donors (Lipinski definition) is 2. The van der Waals surface area contributed by atoms with Crippen molar-refractivity contribution in [3.63, 3.8) is 0 Å². The fourth-order valence-corrected chi connectivity index (χ4v) is 2.62. The Hall–Kier alpha value is -1.07. The van der Waals surface area contributed by atoms with Crippen LogP contribution < -0.4 is 5.32 Å². The van der Waals surface area contributed by atoms with E-state index in [0.29, 0.717) is 25.6 Å². The summed E-state index contributed by atoms with van der Waals surface area (Å²) in [6, 6.07) is 3.99. The number of aryl methyl sites for hydroxylation is 1. The summed E-state index contributed by atoms with van der Waals surface area (Å²) in [6.07, 6.45) is 0.969. The van der Waals surface area contributed by atoms with Gasteiger partial charge >= 0.3 is 6.03 Å². The normalized spacial score (nSPS) is 10.8. The largest absolute Gasteiger partial charge is 0.395 e. The molecule has 0 radical (unpaired) electrons. The van der Waals surface area contributed by atoms with Crippen molar-refractivity contribution in [3.05, 3.63) is 21.9 Å². The number of rotatable bonds is 7. The number of carbonyl (C=O) groups excluding carboxylic acids is 1. The lowest BCUT2D eigenvalue weighted by Crippen LogP contribution is -2.41. The average Bonchev–Trinajstić information content (AvgIpc) is 2.73. The van der Waals surface area contributed by atoms with Crippen molar-refractivity contribution in [1.29, 1.82) is 0 Å². The molecule has 0 aromatic carbocycles. The smallest absolute Gasteiger partial charge is 0.317 e. The molecular weight excluding hydrogens is 260 g/mol. The van der Waals surface area contributed by atoms with Crippen LogP contribution in [0.1, 0.15) is 30.0 Å². The number of nitrogens with one attached hydrogen (secondary N) is 1. The first-order valence-electron chi connectivity index (χ1n) is 6.72. The van der Waals surface area contributed by atoms with Crippen LogP contribution in [0.3, 0.4) is 0 Å². The van der Waals surface area contributed by atoms with Gasteiger partial charge in [-0.2, -0.15) is 0 Å². The van der Waals surface area contributed by atoms with E-state index < -0.39 is 0 Å². The van der Waals surface area contributed by atoms with Crippen LogP contribution in [0.5, 0.6) is 0 Å². The highest BCUT2D eigenvalue weighted by Crippen LogP contribution is 2.17. The molecule has 0 aliphatic rings. The van der Waals surface area contributed by atoms with Crippen LogP contribution in [0.4, 0.5) is 4.79 Å². The molecule has 19 heavy (non-hydrogen) atoms. The molecule has 2 N–H and O–H groups in total. The van der Waals surface area contributed by atoms with Gasteiger partial charge < -0.3 is 15.3 Å². The Morgan fingerprint density at radius 1 is 1.47 bits per heavy atom. The van der Waals surface area contributed by atoms with E-state index in [4.69, 9.17) is 5.11 Å². The molecule has 0 saturated heterocycles. The summed E-state index contributed by atoms with van der Waals surface area (Å²) in [6.45, 7) is 7.91. The van der Waals surface area contributed by atoms with E-state index in [-0.39, 0.29) is 12.6 Å². The Bertz CT molecular complexity index is 391. The van der Waals surface area contributed by atoms with Crippen LogP contribution in [-0.2, 0) is 6.54 Å². The summed E-state index contributed by atoms with van der Waals surface area (Å²) < 4.78 is 0. The Balaban J connectivity index is 2.48. The average molecular weight is 284 g/mol. The summed E-state index contributed by atoms with van der Waals surface area (Å²) in [5, 5.41) is 12.0. The predicted octanol–water partition coefficient (Wildman–Crippen LogP) is 2.61. The highest BCUT2D eigenvalue weighted by molar-refractivity contribution is 7.11. The maximum atomic E-state index is 12.0. The van der Waals surface area contributed by atoms with Gasteiger partial charge in [0.2, 0.25) is 0 Å². The molecule has 0 atom stereocenters. The molecule has 4 nitrogen and oxygen atoms in total. The van der Waals surface area contributed by atoms with Gasteiger partial charge in [0.1, 0.15) is 0 Å². The first-order valence-corrected chi connectivity index (χ1v) is 7.53. The molecule has 0 aliphatic heterocycles. The van der Waals surface area contributed by atoms with Crippen molar-refractivity contribution in [3.8, 4) is 0 Å². The third kappa shape index (κ3) is 6.07. The van der Waals surface area contributed by atoms with Crippen molar-refractivity contribution < 1.29 is 9.90 Å². The van der Waals surface area contributed by atoms with Crippen LogP contribution in [0.25, 0.3) is 0 Å². The first kappa shape index (κ1) is 16.0. The molecule has 1 rings (SSSR count). The third-order valence-corrected chi connectivity index (χ3v) is 3.78. The maximum absolute atomic E-state index is 12.0. The summed E-state index contributed by atoms with van der Waals surface area (Å²) in [5.74, 6) is 0.575. The van der Waals surface area contributed by atoms with E-state index in [1.54, 1.807) is 16.2 Å². The minimum absolute atomic E-state index is 0.0119. The molecule has 2 amide bonds. The van der Waals surface area contributed by atoms with Gasteiger partial charge in [0.05, 0.1) is 13.2 Å². The van der Waals surface area contributed by atoms with Crippen LogP contribution in [0.15, 0.2) is 12.1 Å². The molecule has 1 aromatic heterocycles. The Labute approximate surface area is 119 Å². The number of thiophene rings is 1. The van der Waals surface area contributed by atoms with E-state index in [9.17, 15) is 4.79 Å². The van der Waals surface area contributed by atoms with Crippen molar-refractivity contribution in [1.82, 2.24) is 10.2 Å². The number of hydrogen-bond acceptors (Lipinski definition) is 3. The molecule has 0 unspecified atom stereocenters. The van der Waals surface area contributed by atoms with Crippen molar-refractivity contribution >= 4 is 17.4 Å². The van der Waals surface area contributed by atoms with E-state index in [2.05, 4.69) is 19.2 Å². The van der Waals surface area contributed by atoms with E-state index in [0.717, 1.165) is 11.3 Å². The minimum Gasteiger partial charge on any atom is -0.395 e. The minimum atomic E-state index is -0.0965. The number of carbonyl (C=O) groups is 1. The molecule has 1 aromatic rings. The molecule has 0 aliphatic carbocycles. The first-order chi connectivity index (χ1) is 9.02. The Morgan fingerprint density at radius 3 is 2.74 bits per heavy atom. The lowest BCUT2D eigenvalue weighted by atomic mass is 10.1. The van der Waals surface area contributed by atoms with Crippen LogP contribution in [0, 0.1) is 12.8 Å². The number of amides is 2. The topological polar surface area (TPSA) is 52.6 Å². The number of nitrogens with zero attached hydrogens (tertiary/aromatic N) is 1. The van der Waals surface area contributed by atoms with E-state index in [1.807, 2.05) is 19.1 Å². The SMILES string of the molecule is Cc1ccc(CN(CCO)C(=O)NCCC(C)C)s1. The quantitative estimate of drug-likeness (QED) is 0.808. The Kier molecular flexibility index (Phi) is 6.87. The lowest BCUT2D eigenvalue weighted by molar-refractivity contribution is 0.174. The van der Waals surface area contributed by atoms with Gasteiger partial charge in [-0.1, -0.05) is 13.8 Å². The molecule has 0 fully saturated rings. The molecular formula is C14H24N2O2S. The lowest BCUT2D eigenvalue weighted by Gasteiger charge is -2.21. The summed E-state index contributed by atoms with van der Waals surface area (Å²) in [5.41, 5.74) is 0. The Morgan fingerprint density at radius 2 is 2.21 bits per heavy atom. The summed E-state index contributed by atoms with van der Waals surface area (Å²) >= 11 is 1.68. The molecule has 108 valence electrons. The van der Waals surface area contributed by atoms with Gasteiger partial charge in [0.25, 0.3) is 0 Å². The zero-order chi connectivity index (χ0) is 14.3. The molecule has 0 bridgehead atoms. The zero-order valence-corrected chi connectivity index (χ0v) is 12.8. The van der Waals surface area contributed by atoms with Crippen LogP contribution in [-0.4, -0.2) is 35.7 Å². The summed E-state index contributed by atoms with van der Waals surface area (Å²) in [4.78, 5) is 16.1. The van der Waals surface area contributed by atoms with Gasteiger partial charge in [-0.05, 0) is 31.4 Å². The van der Waals surface area contributed by atoms with Crippen molar-refractivity contribution in [2.45, 2.75) is 33.7 Å². The maximum Gasteiger partial charge on any atom is 0.317 e. The van der Waals surface area contributed by atoms with Gasteiger partial charge in [-0.25, -0.2) is 4.79 Å². The fourth-order valence-electron chi connectivity index (χ4n) is 1.71. The molecule has 5 heteroatoms. The van der Waals surface area contributed by atoms with Crippen LogP contribution in [0.2, 0.25) is 0 Å². The van der Waals surface area contributed by atoms with Gasteiger partial charge in [0, 0.05) is 22.8 Å². The molecule has 0 spiro atoms. The number of aliphatic hydroxyl groups excluding tert-OH is 1. The second-order valence-corrected chi connectivity index (χ2v) is 6.44. The third-order valence-electron chi connectivity index (χ3n) is 2.80. The standard InChI is InChI=1S/C14H24N2O2S/c1-11(2)6-7-15-14(18)16(8-9-17)10-13-5-4-12(3)19-13/h4-5,11,17H,6-10H2,1-3H3,(H,15,18). The monoisotopic (exact) mass is 284 g/mol. The summed E-state index contributed by atoms with van der Waals surface area (Å²) in [7, 11) is 0. The van der Waals surface area contributed by atoms with Crippen molar-refractivity contribution in [2.75, 3.05) is 19.7 Å². The number of aliphatic hydroxyl groups is 1. The highest BCUT2D eigenvalue weighted by atomic mass is 32.1. The van der Waals surface area contributed by atoms with Gasteiger partial charge in [-0.3, -0.25) is 0 Å². The van der Waals surface area contributed by atoms with E-state index >= 15 is 0 Å². The molecule has 1 heterocycles. The second-order valence-electron chi connectivity index (χ2n) is 5.07. The highest BCUT2D eigenvalue weighted by Gasteiger charge is 2.13.